The van der Waals surface area contributed by atoms with Crippen molar-refractivity contribution in [3.8, 4) is 21.9 Å². The van der Waals surface area contributed by atoms with Crippen molar-refractivity contribution in [1.82, 2.24) is 8.75 Å². The Balaban J connectivity index is 2.28. The summed E-state index contributed by atoms with van der Waals surface area (Å²) in [7, 11) is 3.28. The van der Waals surface area contributed by atoms with Crippen molar-refractivity contribution in [2.75, 3.05) is 14.2 Å². The highest BCUT2D eigenvalue weighted by Gasteiger charge is 2.19. The van der Waals surface area contributed by atoms with Crippen LogP contribution in [0.25, 0.3) is 21.5 Å². The third-order valence-electron chi connectivity index (χ3n) is 2.75. The van der Waals surface area contributed by atoms with E-state index < -0.39 is 0 Å². The fraction of sp³-hybridized carbons (Fsp3) is 0.167. The molecule has 0 spiro atoms. The molecule has 0 saturated heterocycles. The maximum absolute atomic E-state index is 5.45. The van der Waals surface area contributed by atoms with E-state index in [2.05, 4.69) is 24.7 Å². The van der Waals surface area contributed by atoms with Crippen molar-refractivity contribution in [2.24, 2.45) is 0 Å². The summed E-state index contributed by atoms with van der Waals surface area (Å²) in [5.41, 5.74) is 2.76. The molecule has 2 heterocycles. The van der Waals surface area contributed by atoms with Crippen LogP contribution in [0.1, 0.15) is 0 Å². The van der Waals surface area contributed by atoms with E-state index in [0.717, 1.165) is 37.4 Å². The number of fused-ring (bicyclic) bond motifs is 1. The summed E-state index contributed by atoms with van der Waals surface area (Å²) in [4.78, 5) is 1.00. The lowest BCUT2D eigenvalue weighted by molar-refractivity contribution is 0.359. The normalized spacial score (nSPS) is 10.9. The SMILES string of the molecule is COc1csc(-c2ccc(Br)c3nsnc23)c1OC. The van der Waals surface area contributed by atoms with Gasteiger partial charge < -0.3 is 9.47 Å². The molecular formula is C12H9BrN2O2S2. The number of hydrogen-bond donors (Lipinski definition) is 0. The molecule has 0 aliphatic rings. The van der Waals surface area contributed by atoms with E-state index in [4.69, 9.17) is 9.47 Å². The van der Waals surface area contributed by atoms with Gasteiger partial charge in [-0.15, -0.1) is 11.3 Å². The first-order chi connectivity index (χ1) is 9.26. The van der Waals surface area contributed by atoms with Gasteiger partial charge in [-0.2, -0.15) is 8.75 Å². The molecule has 0 amide bonds. The quantitative estimate of drug-likeness (QED) is 0.705. The summed E-state index contributed by atoms with van der Waals surface area (Å²) < 4.78 is 20.4. The number of aromatic nitrogens is 2. The molecule has 19 heavy (non-hydrogen) atoms. The summed E-state index contributed by atoms with van der Waals surface area (Å²) in [6.07, 6.45) is 0. The van der Waals surface area contributed by atoms with Gasteiger partial charge in [0.1, 0.15) is 11.0 Å². The van der Waals surface area contributed by atoms with Gasteiger partial charge in [-0.25, -0.2) is 0 Å². The van der Waals surface area contributed by atoms with Gasteiger partial charge >= 0.3 is 0 Å². The lowest BCUT2D eigenvalue weighted by Crippen LogP contribution is -1.88. The second-order valence-electron chi connectivity index (χ2n) is 3.72. The molecule has 3 aromatic rings. The third-order valence-corrected chi connectivity index (χ3v) is 4.89. The van der Waals surface area contributed by atoms with Crippen molar-refractivity contribution in [1.29, 1.82) is 0 Å². The minimum Gasteiger partial charge on any atom is -0.492 e. The molecule has 7 heteroatoms. The molecule has 0 aliphatic heterocycles. The minimum absolute atomic E-state index is 0.738. The van der Waals surface area contributed by atoms with Gasteiger partial charge in [0.25, 0.3) is 0 Å². The number of benzene rings is 1. The van der Waals surface area contributed by atoms with Crippen LogP contribution in [0.4, 0.5) is 0 Å². The molecule has 0 radical (unpaired) electrons. The highest BCUT2D eigenvalue weighted by atomic mass is 79.9. The van der Waals surface area contributed by atoms with Gasteiger partial charge in [-0.1, -0.05) is 0 Å². The van der Waals surface area contributed by atoms with Crippen molar-refractivity contribution in [3.05, 3.63) is 22.0 Å². The number of thiophene rings is 1. The van der Waals surface area contributed by atoms with Gasteiger partial charge in [-0.05, 0) is 28.1 Å². The molecule has 0 unspecified atom stereocenters. The molecule has 98 valence electrons. The first-order valence-electron chi connectivity index (χ1n) is 5.37. The Kier molecular flexibility index (Phi) is 3.42. The van der Waals surface area contributed by atoms with Gasteiger partial charge in [-0.3, -0.25) is 0 Å². The van der Waals surface area contributed by atoms with Crippen molar-refractivity contribution >= 4 is 50.0 Å². The molecule has 1 aromatic carbocycles. The Labute approximate surface area is 126 Å². The van der Waals surface area contributed by atoms with Crippen LogP contribution < -0.4 is 9.47 Å². The monoisotopic (exact) mass is 356 g/mol. The van der Waals surface area contributed by atoms with E-state index in [1.54, 1.807) is 25.6 Å². The third kappa shape index (κ3) is 2.01. The molecule has 0 bridgehead atoms. The Morgan fingerprint density at radius 3 is 2.63 bits per heavy atom. The fourth-order valence-electron chi connectivity index (χ4n) is 1.87. The zero-order valence-corrected chi connectivity index (χ0v) is 13.4. The van der Waals surface area contributed by atoms with E-state index in [9.17, 15) is 0 Å². The van der Waals surface area contributed by atoms with E-state index >= 15 is 0 Å². The van der Waals surface area contributed by atoms with Crippen molar-refractivity contribution in [3.63, 3.8) is 0 Å². The van der Waals surface area contributed by atoms with Gasteiger partial charge in [0.05, 0.1) is 30.8 Å². The molecule has 0 saturated carbocycles. The fourth-order valence-corrected chi connectivity index (χ4v) is 3.98. The van der Waals surface area contributed by atoms with E-state index in [1.807, 2.05) is 17.5 Å². The summed E-state index contributed by atoms with van der Waals surface area (Å²) in [6.45, 7) is 0. The van der Waals surface area contributed by atoms with E-state index in [0.29, 0.717) is 0 Å². The molecule has 3 rings (SSSR count). The van der Waals surface area contributed by atoms with Crippen molar-refractivity contribution in [2.45, 2.75) is 0 Å². The summed E-state index contributed by atoms with van der Waals surface area (Å²) >= 11 is 6.27. The van der Waals surface area contributed by atoms with Crippen LogP contribution in [0.5, 0.6) is 11.5 Å². The molecule has 0 atom stereocenters. The zero-order valence-electron chi connectivity index (χ0n) is 10.1. The maximum atomic E-state index is 5.45. The minimum atomic E-state index is 0.738. The Morgan fingerprint density at radius 1 is 1.11 bits per heavy atom. The van der Waals surface area contributed by atoms with Gasteiger partial charge in [0.15, 0.2) is 11.5 Å². The molecule has 0 N–H and O–H groups in total. The highest BCUT2D eigenvalue weighted by molar-refractivity contribution is 9.10. The average Bonchev–Trinajstić information content (AvgIpc) is 3.05. The Bertz CT molecular complexity index is 738. The number of hydrogen-bond acceptors (Lipinski definition) is 6. The topological polar surface area (TPSA) is 44.2 Å². The van der Waals surface area contributed by atoms with E-state index in [-0.39, 0.29) is 0 Å². The molecule has 0 fully saturated rings. The molecular weight excluding hydrogens is 348 g/mol. The maximum Gasteiger partial charge on any atom is 0.179 e. The summed E-state index contributed by atoms with van der Waals surface area (Å²) in [6, 6.07) is 3.99. The molecule has 2 aromatic heterocycles. The van der Waals surface area contributed by atoms with Crippen LogP contribution in [-0.4, -0.2) is 23.0 Å². The van der Waals surface area contributed by atoms with Crippen LogP contribution in [-0.2, 0) is 0 Å². The summed E-state index contributed by atoms with van der Waals surface area (Å²) in [5, 5.41) is 1.93. The molecule has 4 nitrogen and oxygen atoms in total. The summed E-state index contributed by atoms with van der Waals surface area (Å²) in [5.74, 6) is 1.48. The van der Waals surface area contributed by atoms with Crippen LogP contribution in [0.3, 0.4) is 0 Å². The number of ether oxygens (including phenoxy) is 2. The zero-order chi connectivity index (χ0) is 13.4. The van der Waals surface area contributed by atoms with Crippen LogP contribution in [0.15, 0.2) is 22.0 Å². The first kappa shape index (κ1) is 12.8. The number of rotatable bonds is 3. The smallest absolute Gasteiger partial charge is 0.179 e. The van der Waals surface area contributed by atoms with E-state index in [1.165, 1.54) is 11.7 Å². The number of methoxy groups -OCH3 is 2. The standard InChI is InChI=1S/C12H9BrN2O2S2/c1-16-8-5-18-12(11(8)17-2)6-3-4-7(13)10-9(6)14-19-15-10/h3-5H,1-2H3. The van der Waals surface area contributed by atoms with Crippen LogP contribution in [0, 0.1) is 0 Å². The second-order valence-corrected chi connectivity index (χ2v) is 5.99. The van der Waals surface area contributed by atoms with Crippen LogP contribution >= 0.6 is 39.0 Å². The highest BCUT2D eigenvalue weighted by Crippen LogP contribution is 2.46. The Morgan fingerprint density at radius 2 is 1.89 bits per heavy atom. The van der Waals surface area contributed by atoms with Crippen LogP contribution in [0.2, 0.25) is 0 Å². The second kappa shape index (κ2) is 5.07. The lowest BCUT2D eigenvalue weighted by atomic mass is 10.1. The van der Waals surface area contributed by atoms with Gasteiger partial charge in [0.2, 0.25) is 0 Å². The molecule has 0 aliphatic carbocycles. The number of halogens is 1. The number of nitrogens with zero attached hydrogens (tertiary/aromatic N) is 2. The first-order valence-corrected chi connectivity index (χ1v) is 7.77. The van der Waals surface area contributed by atoms with Gasteiger partial charge in [0, 0.05) is 15.4 Å². The van der Waals surface area contributed by atoms with Crippen molar-refractivity contribution < 1.29 is 9.47 Å². The Hall–Kier alpha value is -1.18. The lowest BCUT2D eigenvalue weighted by Gasteiger charge is -2.06. The largest absolute Gasteiger partial charge is 0.492 e. The predicted molar refractivity (Wildman–Crippen MR) is 81.5 cm³/mol. The average molecular weight is 357 g/mol. The predicted octanol–water partition coefficient (Wildman–Crippen LogP) is 4.20.